The maximum absolute atomic E-state index is 15.3. The van der Waals surface area contributed by atoms with Crippen molar-refractivity contribution in [2.24, 2.45) is 0 Å². The molecule has 0 unspecified atom stereocenters. The molecule has 4 aromatic rings. The molecule has 10 heteroatoms. The van der Waals surface area contributed by atoms with Crippen LogP contribution in [0.4, 0.5) is 15.9 Å². The number of carbonyl (C=O) groups excluding carboxylic acids is 1. The lowest BCUT2D eigenvalue weighted by atomic mass is 10.1. The van der Waals surface area contributed by atoms with Crippen molar-refractivity contribution in [3.8, 4) is 11.6 Å². The van der Waals surface area contributed by atoms with Gasteiger partial charge < -0.3 is 25.3 Å². The summed E-state index contributed by atoms with van der Waals surface area (Å²) in [7, 11) is 1.68. The van der Waals surface area contributed by atoms with Crippen LogP contribution in [0.25, 0.3) is 10.9 Å². The molecule has 0 atom stereocenters. The molecule has 0 radical (unpaired) electrons. The molecule has 0 saturated carbocycles. The number of anilines is 2. The first-order valence-corrected chi connectivity index (χ1v) is 12.8. The summed E-state index contributed by atoms with van der Waals surface area (Å²) in [5.41, 5.74) is 3.61. The van der Waals surface area contributed by atoms with Gasteiger partial charge in [0, 0.05) is 68.6 Å². The Morgan fingerprint density at radius 1 is 1.16 bits per heavy atom. The van der Waals surface area contributed by atoms with E-state index in [2.05, 4.69) is 42.6 Å². The Labute approximate surface area is 221 Å². The molecule has 1 aliphatic rings. The van der Waals surface area contributed by atoms with E-state index in [9.17, 15) is 4.79 Å². The van der Waals surface area contributed by atoms with Crippen molar-refractivity contribution in [3.63, 3.8) is 0 Å². The summed E-state index contributed by atoms with van der Waals surface area (Å²) < 4.78 is 21.2. The van der Waals surface area contributed by atoms with E-state index in [1.54, 1.807) is 19.2 Å². The van der Waals surface area contributed by atoms with Crippen LogP contribution in [0.5, 0.6) is 11.6 Å². The highest BCUT2D eigenvalue weighted by Gasteiger charge is 2.25. The van der Waals surface area contributed by atoms with E-state index in [1.165, 1.54) is 22.9 Å². The van der Waals surface area contributed by atoms with Gasteiger partial charge in [-0.05, 0) is 49.7 Å². The van der Waals surface area contributed by atoms with E-state index in [0.29, 0.717) is 17.4 Å². The molecule has 3 N–H and O–H groups in total. The largest absolute Gasteiger partial charge is 0.435 e. The van der Waals surface area contributed by atoms with Gasteiger partial charge in [0.05, 0.1) is 0 Å². The number of H-pyrrole nitrogens is 1. The van der Waals surface area contributed by atoms with E-state index < -0.39 is 5.82 Å². The first-order valence-electron chi connectivity index (χ1n) is 12.8. The molecule has 1 fully saturated rings. The number of amides is 1. The van der Waals surface area contributed by atoms with Crippen LogP contribution in [0.1, 0.15) is 28.5 Å². The Morgan fingerprint density at radius 3 is 2.66 bits per heavy atom. The van der Waals surface area contributed by atoms with Crippen molar-refractivity contribution in [2.75, 3.05) is 45.1 Å². The standard InChI is InChI=1S/C28H32FN7O2/c1-4-35(3)28(37)24-26(34-20-7-5-19(6-8-20)16-36-13-11-30-12-14-36)31-17-32-27(24)38-23-10-9-22-21(25(23)29)15-18(2)33-22/h5-10,15,17,30,33H,4,11-14,16H2,1-3H3,(H,31,32,34). The summed E-state index contributed by atoms with van der Waals surface area (Å²) in [5.74, 6) is -0.614. The Bertz CT molecular complexity index is 1430. The molecule has 1 aliphatic heterocycles. The summed E-state index contributed by atoms with van der Waals surface area (Å²) >= 11 is 0. The number of ether oxygens (including phenoxy) is 1. The molecule has 0 bridgehead atoms. The Hall–Kier alpha value is -4.02. The van der Waals surface area contributed by atoms with Crippen LogP contribution in [0.3, 0.4) is 0 Å². The van der Waals surface area contributed by atoms with Crippen LogP contribution in [-0.4, -0.2) is 70.4 Å². The predicted molar refractivity (Wildman–Crippen MR) is 146 cm³/mol. The van der Waals surface area contributed by atoms with E-state index in [-0.39, 0.29) is 28.9 Å². The Balaban J connectivity index is 1.43. The van der Waals surface area contributed by atoms with Gasteiger partial charge in [-0.25, -0.2) is 14.4 Å². The smallest absolute Gasteiger partial charge is 0.262 e. The van der Waals surface area contributed by atoms with Crippen LogP contribution < -0.4 is 15.4 Å². The molecule has 0 aliphatic carbocycles. The fourth-order valence-electron chi connectivity index (χ4n) is 4.50. The maximum Gasteiger partial charge on any atom is 0.262 e. The number of benzene rings is 2. The zero-order valence-corrected chi connectivity index (χ0v) is 21.8. The van der Waals surface area contributed by atoms with Gasteiger partial charge in [-0.15, -0.1) is 0 Å². The highest BCUT2D eigenvalue weighted by Crippen LogP contribution is 2.34. The lowest BCUT2D eigenvalue weighted by Gasteiger charge is -2.27. The van der Waals surface area contributed by atoms with Crippen LogP contribution in [0, 0.1) is 12.7 Å². The average molecular weight is 518 g/mol. The number of aromatic nitrogens is 3. The summed E-state index contributed by atoms with van der Waals surface area (Å²) in [6.45, 7) is 9.14. The summed E-state index contributed by atoms with van der Waals surface area (Å²) in [4.78, 5) is 29.0. The minimum atomic E-state index is -0.526. The molecule has 198 valence electrons. The molecular weight excluding hydrogens is 485 g/mol. The van der Waals surface area contributed by atoms with Gasteiger partial charge in [0.25, 0.3) is 5.91 Å². The van der Waals surface area contributed by atoms with E-state index >= 15 is 4.39 Å². The number of piperazine rings is 1. The van der Waals surface area contributed by atoms with Crippen LogP contribution in [0.15, 0.2) is 48.8 Å². The fourth-order valence-corrected chi connectivity index (χ4v) is 4.50. The second-order valence-electron chi connectivity index (χ2n) is 9.46. The minimum Gasteiger partial charge on any atom is -0.435 e. The molecule has 1 saturated heterocycles. The molecule has 0 spiro atoms. The van der Waals surface area contributed by atoms with Crippen LogP contribution in [-0.2, 0) is 6.54 Å². The van der Waals surface area contributed by atoms with Gasteiger partial charge >= 0.3 is 0 Å². The lowest BCUT2D eigenvalue weighted by molar-refractivity contribution is 0.0799. The second-order valence-corrected chi connectivity index (χ2v) is 9.46. The normalized spacial score (nSPS) is 14.0. The van der Waals surface area contributed by atoms with Crippen molar-refractivity contribution in [1.82, 2.24) is 30.1 Å². The zero-order valence-electron chi connectivity index (χ0n) is 21.8. The average Bonchev–Trinajstić information content (AvgIpc) is 3.32. The zero-order chi connectivity index (χ0) is 26.6. The highest BCUT2D eigenvalue weighted by molar-refractivity contribution is 6.01. The number of aromatic amines is 1. The Kier molecular flexibility index (Phi) is 7.52. The van der Waals surface area contributed by atoms with Gasteiger partial charge in [-0.1, -0.05) is 12.1 Å². The molecule has 3 heterocycles. The number of fused-ring (bicyclic) bond motifs is 1. The minimum absolute atomic E-state index is 0.0198. The topological polar surface area (TPSA) is 98.4 Å². The summed E-state index contributed by atoms with van der Waals surface area (Å²) in [6.07, 6.45) is 1.30. The third-order valence-corrected chi connectivity index (χ3v) is 6.72. The fraction of sp³-hybridized carbons (Fsp3) is 0.321. The van der Waals surface area contributed by atoms with Gasteiger partial charge in [-0.3, -0.25) is 9.69 Å². The van der Waals surface area contributed by atoms with Crippen molar-refractivity contribution in [1.29, 1.82) is 0 Å². The van der Waals surface area contributed by atoms with E-state index in [4.69, 9.17) is 4.74 Å². The number of nitrogens with zero attached hydrogens (tertiary/aromatic N) is 4. The summed E-state index contributed by atoms with van der Waals surface area (Å²) in [5, 5.41) is 7.01. The molecule has 2 aromatic carbocycles. The third kappa shape index (κ3) is 5.46. The van der Waals surface area contributed by atoms with Crippen LogP contribution >= 0.6 is 0 Å². The summed E-state index contributed by atoms with van der Waals surface area (Å²) in [6, 6.07) is 13.0. The van der Waals surface area contributed by atoms with Gasteiger partial charge in [0.1, 0.15) is 11.9 Å². The molecule has 9 nitrogen and oxygen atoms in total. The first kappa shape index (κ1) is 25.6. The molecular formula is C28H32FN7O2. The van der Waals surface area contributed by atoms with E-state index in [1.807, 2.05) is 26.0 Å². The second kappa shape index (κ2) is 11.2. The Morgan fingerprint density at radius 2 is 1.92 bits per heavy atom. The monoisotopic (exact) mass is 517 g/mol. The number of carbonyl (C=O) groups is 1. The van der Waals surface area contributed by atoms with Crippen LogP contribution in [0.2, 0.25) is 0 Å². The van der Waals surface area contributed by atoms with Crippen molar-refractivity contribution < 1.29 is 13.9 Å². The lowest BCUT2D eigenvalue weighted by Crippen LogP contribution is -2.42. The van der Waals surface area contributed by atoms with Crippen molar-refractivity contribution >= 4 is 28.3 Å². The van der Waals surface area contributed by atoms with Gasteiger partial charge in [0.2, 0.25) is 5.88 Å². The maximum atomic E-state index is 15.3. The van der Waals surface area contributed by atoms with E-state index in [0.717, 1.165) is 44.1 Å². The number of rotatable bonds is 8. The molecule has 1 amide bonds. The van der Waals surface area contributed by atoms with Gasteiger partial charge in [0.15, 0.2) is 17.4 Å². The highest BCUT2D eigenvalue weighted by atomic mass is 19.1. The van der Waals surface area contributed by atoms with Crippen molar-refractivity contribution in [2.45, 2.75) is 20.4 Å². The molecule has 38 heavy (non-hydrogen) atoms. The third-order valence-electron chi connectivity index (χ3n) is 6.72. The molecule has 5 rings (SSSR count). The van der Waals surface area contributed by atoms with Gasteiger partial charge in [-0.2, -0.15) is 0 Å². The predicted octanol–water partition coefficient (Wildman–Crippen LogP) is 4.44. The number of hydrogen-bond acceptors (Lipinski definition) is 7. The number of halogens is 1. The number of nitrogens with one attached hydrogen (secondary N) is 3. The number of aryl methyl sites for hydroxylation is 1. The first-order chi connectivity index (χ1) is 18.4. The SMILES string of the molecule is CCN(C)C(=O)c1c(Nc2ccc(CN3CCNCC3)cc2)ncnc1Oc1ccc2[nH]c(C)cc2c1F. The quantitative estimate of drug-likeness (QED) is 0.318. The number of hydrogen-bond donors (Lipinski definition) is 3. The van der Waals surface area contributed by atoms with Crippen molar-refractivity contribution in [3.05, 3.63) is 71.4 Å². The molecule has 2 aromatic heterocycles.